The Bertz CT molecular complexity index is 564. The minimum absolute atomic E-state index is 0.0784. The lowest BCUT2D eigenvalue weighted by Crippen LogP contribution is -2.31. The summed E-state index contributed by atoms with van der Waals surface area (Å²) < 4.78 is 41.3. The van der Waals surface area contributed by atoms with Crippen molar-refractivity contribution in [3.63, 3.8) is 0 Å². The number of hydrogen-bond donors (Lipinski definition) is 1. The quantitative estimate of drug-likeness (QED) is 0.533. The van der Waals surface area contributed by atoms with Crippen LogP contribution in [0.25, 0.3) is 0 Å². The van der Waals surface area contributed by atoms with Crippen molar-refractivity contribution in [2.24, 2.45) is 0 Å². The lowest BCUT2D eigenvalue weighted by molar-refractivity contribution is -0.108. The molecule has 1 rings (SSSR count). The molecule has 126 valence electrons. The molecule has 0 fully saturated rings. The second kappa shape index (κ2) is 8.44. The third kappa shape index (κ3) is 4.65. The molecule has 0 bridgehead atoms. The molecule has 0 unspecified atom stereocenters. The zero-order valence-corrected chi connectivity index (χ0v) is 14.1. The van der Waals surface area contributed by atoms with Crippen molar-refractivity contribution in [1.29, 1.82) is 0 Å². The van der Waals surface area contributed by atoms with Gasteiger partial charge in [-0.15, -0.1) is 0 Å². The van der Waals surface area contributed by atoms with E-state index in [9.17, 15) is 8.42 Å². The van der Waals surface area contributed by atoms with Crippen LogP contribution in [0.2, 0.25) is 0 Å². The Morgan fingerprint density at radius 1 is 1.18 bits per heavy atom. The highest BCUT2D eigenvalue weighted by molar-refractivity contribution is 7.89. The summed E-state index contributed by atoms with van der Waals surface area (Å²) >= 11 is 0. The number of nitrogens with zero attached hydrogens (tertiary/aromatic N) is 1. The fraction of sp³-hybridized carbons (Fsp3) is 0.571. The van der Waals surface area contributed by atoms with Crippen molar-refractivity contribution in [3.8, 4) is 5.75 Å². The summed E-state index contributed by atoms with van der Waals surface area (Å²) in [5.74, 6) is 0.626. The molecule has 1 N–H and O–H groups in total. The third-order valence-corrected chi connectivity index (χ3v) is 5.31. The molecule has 0 saturated heterocycles. The summed E-state index contributed by atoms with van der Waals surface area (Å²) in [5, 5.41) is 8.44. The van der Waals surface area contributed by atoms with E-state index in [1.165, 1.54) is 11.4 Å². The first-order valence-electron chi connectivity index (χ1n) is 6.72. The smallest absolute Gasteiger partial charge is 0.243 e. The number of likely N-dealkylation sites (N-methyl/N-ethyl adjacent to an activating group) is 1. The number of benzene rings is 1. The predicted molar refractivity (Wildman–Crippen MR) is 81.3 cm³/mol. The number of aliphatic hydroxyl groups is 1. The molecule has 1 aromatic carbocycles. The maximum atomic E-state index is 12.7. The second-order valence-corrected chi connectivity index (χ2v) is 6.76. The summed E-state index contributed by atoms with van der Waals surface area (Å²) in [5.41, 5.74) is 1.27. The normalized spacial score (nSPS) is 11.9. The van der Waals surface area contributed by atoms with Crippen LogP contribution in [0, 0.1) is 13.8 Å². The Morgan fingerprint density at radius 2 is 1.77 bits per heavy atom. The lowest BCUT2D eigenvalue weighted by atomic mass is 10.1. The first-order valence-corrected chi connectivity index (χ1v) is 8.16. The Balaban J connectivity index is 2.85. The van der Waals surface area contributed by atoms with Gasteiger partial charge in [-0.3, -0.25) is 0 Å². The van der Waals surface area contributed by atoms with E-state index in [2.05, 4.69) is 4.74 Å². The number of methoxy groups -OCH3 is 1. The standard InChI is InChI=1S/C14H23NO6S/c1-11-7-13(19-4)8-12(2)14(11)22(17,18)15(3)5-6-20-10-21-9-16/h7-8,16H,5-6,9-10H2,1-4H3. The van der Waals surface area contributed by atoms with Gasteiger partial charge in [0.15, 0.2) is 0 Å². The molecule has 0 atom stereocenters. The zero-order chi connectivity index (χ0) is 16.8. The molecule has 0 aliphatic carbocycles. The number of sulfonamides is 1. The molecular formula is C14H23NO6S. The molecule has 8 heteroatoms. The van der Waals surface area contributed by atoms with E-state index in [1.54, 1.807) is 33.1 Å². The van der Waals surface area contributed by atoms with Crippen LogP contribution in [0.5, 0.6) is 5.75 Å². The number of aryl methyl sites for hydroxylation is 2. The highest BCUT2D eigenvalue weighted by Crippen LogP contribution is 2.27. The fourth-order valence-corrected chi connectivity index (χ4v) is 3.62. The molecule has 1 aromatic rings. The monoisotopic (exact) mass is 333 g/mol. The summed E-state index contributed by atoms with van der Waals surface area (Å²) in [4.78, 5) is 0.280. The summed E-state index contributed by atoms with van der Waals surface area (Å²) in [6.07, 6.45) is 0. The van der Waals surface area contributed by atoms with Crippen molar-refractivity contribution >= 4 is 10.0 Å². The van der Waals surface area contributed by atoms with E-state index < -0.39 is 16.8 Å². The van der Waals surface area contributed by atoms with Crippen molar-refractivity contribution in [1.82, 2.24) is 4.31 Å². The minimum Gasteiger partial charge on any atom is -0.497 e. The number of rotatable bonds is 9. The number of aliphatic hydroxyl groups excluding tert-OH is 1. The van der Waals surface area contributed by atoms with Crippen LogP contribution in [0.15, 0.2) is 17.0 Å². The van der Waals surface area contributed by atoms with Crippen LogP contribution in [-0.2, 0) is 19.5 Å². The molecular weight excluding hydrogens is 310 g/mol. The van der Waals surface area contributed by atoms with E-state index >= 15 is 0 Å². The molecule has 0 spiro atoms. The Kier molecular flexibility index (Phi) is 7.24. The van der Waals surface area contributed by atoms with E-state index in [0.717, 1.165) is 0 Å². The predicted octanol–water partition coefficient (Wildman–Crippen LogP) is 0.873. The van der Waals surface area contributed by atoms with Gasteiger partial charge in [0.2, 0.25) is 10.0 Å². The van der Waals surface area contributed by atoms with Crippen LogP contribution in [0.1, 0.15) is 11.1 Å². The van der Waals surface area contributed by atoms with Crippen molar-refractivity contribution in [3.05, 3.63) is 23.3 Å². The van der Waals surface area contributed by atoms with E-state index in [4.69, 9.17) is 14.6 Å². The van der Waals surface area contributed by atoms with Crippen LogP contribution in [-0.4, -0.2) is 58.7 Å². The van der Waals surface area contributed by atoms with Crippen LogP contribution >= 0.6 is 0 Å². The van der Waals surface area contributed by atoms with Gasteiger partial charge in [-0.25, -0.2) is 8.42 Å². The first-order chi connectivity index (χ1) is 10.3. The Labute approximate surface area is 131 Å². The molecule has 0 amide bonds. The molecule has 22 heavy (non-hydrogen) atoms. The van der Waals surface area contributed by atoms with Gasteiger partial charge >= 0.3 is 0 Å². The molecule has 7 nitrogen and oxygen atoms in total. The van der Waals surface area contributed by atoms with Gasteiger partial charge in [0.25, 0.3) is 0 Å². The van der Waals surface area contributed by atoms with Gasteiger partial charge in [-0.1, -0.05) is 0 Å². The highest BCUT2D eigenvalue weighted by Gasteiger charge is 2.25. The molecule has 0 radical (unpaired) electrons. The average molecular weight is 333 g/mol. The molecule has 0 aromatic heterocycles. The van der Waals surface area contributed by atoms with E-state index in [0.29, 0.717) is 16.9 Å². The molecule has 0 aliphatic rings. The second-order valence-electron chi connectivity index (χ2n) is 4.78. The minimum atomic E-state index is -3.61. The van der Waals surface area contributed by atoms with Gasteiger partial charge in [0.05, 0.1) is 18.6 Å². The molecule has 0 aliphatic heterocycles. The largest absolute Gasteiger partial charge is 0.497 e. The average Bonchev–Trinajstić information content (AvgIpc) is 2.45. The zero-order valence-electron chi connectivity index (χ0n) is 13.3. The number of hydrogen-bond acceptors (Lipinski definition) is 6. The van der Waals surface area contributed by atoms with Gasteiger partial charge in [0, 0.05) is 13.6 Å². The first kappa shape index (κ1) is 18.9. The van der Waals surface area contributed by atoms with Gasteiger partial charge < -0.3 is 19.3 Å². The molecule has 0 saturated carbocycles. The van der Waals surface area contributed by atoms with E-state index in [1.807, 2.05) is 0 Å². The van der Waals surface area contributed by atoms with Crippen LogP contribution in [0.3, 0.4) is 0 Å². The van der Waals surface area contributed by atoms with Crippen LogP contribution in [0.4, 0.5) is 0 Å². The van der Waals surface area contributed by atoms with E-state index in [-0.39, 0.29) is 24.8 Å². The number of ether oxygens (including phenoxy) is 3. The Hall–Kier alpha value is -1.19. The SMILES string of the molecule is COc1cc(C)c(S(=O)(=O)N(C)CCOCOCO)c(C)c1. The fourth-order valence-electron chi connectivity index (χ4n) is 2.06. The van der Waals surface area contributed by atoms with Gasteiger partial charge in [-0.05, 0) is 37.1 Å². The maximum absolute atomic E-state index is 12.7. The van der Waals surface area contributed by atoms with Crippen molar-refractivity contribution < 1.29 is 27.7 Å². The summed E-state index contributed by atoms with van der Waals surface area (Å²) in [6, 6.07) is 3.39. The van der Waals surface area contributed by atoms with Crippen LogP contribution < -0.4 is 4.74 Å². The summed E-state index contributed by atoms with van der Waals surface area (Å²) in [6.45, 7) is 3.32. The topological polar surface area (TPSA) is 85.3 Å². The van der Waals surface area contributed by atoms with Crippen molar-refractivity contribution in [2.45, 2.75) is 18.7 Å². The van der Waals surface area contributed by atoms with Crippen molar-refractivity contribution in [2.75, 3.05) is 40.9 Å². The lowest BCUT2D eigenvalue weighted by Gasteiger charge is -2.20. The summed E-state index contributed by atoms with van der Waals surface area (Å²) in [7, 11) is -0.574. The highest BCUT2D eigenvalue weighted by atomic mass is 32.2. The van der Waals surface area contributed by atoms with Gasteiger partial charge in [-0.2, -0.15) is 4.31 Å². The van der Waals surface area contributed by atoms with Gasteiger partial charge in [0.1, 0.15) is 19.3 Å². The maximum Gasteiger partial charge on any atom is 0.243 e. The molecule has 0 heterocycles. The third-order valence-electron chi connectivity index (χ3n) is 3.15. The Morgan fingerprint density at radius 3 is 2.27 bits per heavy atom.